The number of methoxy groups -OCH3 is 1. The molecule has 2 aromatic carbocycles. The lowest BCUT2D eigenvalue weighted by molar-refractivity contribution is -0.129. The third-order valence-corrected chi connectivity index (χ3v) is 5.79. The quantitative estimate of drug-likeness (QED) is 0.812. The van der Waals surface area contributed by atoms with Crippen LogP contribution in [0.25, 0.3) is 0 Å². The molecule has 1 amide bonds. The molecular weight excluding hydrogens is 368 g/mol. The van der Waals surface area contributed by atoms with Crippen LogP contribution in [0.3, 0.4) is 0 Å². The molecule has 0 aromatic heterocycles. The van der Waals surface area contributed by atoms with E-state index in [2.05, 4.69) is 4.72 Å². The van der Waals surface area contributed by atoms with E-state index < -0.39 is 16.1 Å². The molecule has 2 aromatic rings. The summed E-state index contributed by atoms with van der Waals surface area (Å²) < 4.78 is 38.0. The molecule has 0 aliphatic carbocycles. The predicted octanol–water partition coefficient (Wildman–Crippen LogP) is 1.71. The van der Waals surface area contributed by atoms with Crippen LogP contribution in [0.4, 0.5) is 5.69 Å². The second kappa shape index (κ2) is 8.08. The number of rotatable bonds is 6. The summed E-state index contributed by atoms with van der Waals surface area (Å²) in [6.07, 6.45) is -0.433. The van der Waals surface area contributed by atoms with Crippen LogP contribution in [0.2, 0.25) is 0 Å². The molecule has 1 N–H and O–H groups in total. The van der Waals surface area contributed by atoms with Crippen molar-refractivity contribution < 1.29 is 22.7 Å². The first kappa shape index (κ1) is 19.3. The molecule has 1 aliphatic heterocycles. The molecule has 27 heavy (non-hydrogen) atoms. The van der Waals surface area contributed by atoms with Gasteiger partial charge in [-0.3, -0.25) is 4.79 Å². The topological polar surface area (TPSA) is 84.9 Å². The number of sulfonamides is 1. The summed E-state index contributed by atoms with van der Waals surface area (Å²) in [6.45, 7) is 2.25. The van der Waals surface area contributed by atoms with Crippen molar-refractivity contribution in [3.05, 3.63) is 54.1 Å². The average molecular weight is 390 g/mol. The predicted molar refractivity (Wildman–Crippen MR) is 101 cm³/mol. The number of anilines is 1. The highest BCUT2D eigenvalue weighted by Crippen LogP contribution is 2.20. The number of ether oxygens (including phenoxy) is 2. The maximum absolute atomic E-state index is 12.4. The molecule has 0 saturated carbocycles. The summed E-state index contributed by atoms with van der Waals surface area (Å²) in [7, 11) is -2.16. The van der Waals surface area contributed by atoms with Gasteiger partial charge in [-0.05, 0) is 43.3 Å². The van der Waals surface area contributed by atoms with Crippen molar-refractivity contribution in [2.75, 3.05) is 31.7 Å². The smallest absolute Gasteiger partial charge is 0.253 e. The Balaban J connectivity index is 1.64. The van der Waals surface area contributed by atoms with Crippen molar-refractivity contribution in [1.82, 2.24) is 4.72 Å². The van der Waals surface area contributed by atoms with E-state index >= 15 is 0 Å². The van der Waals surface area contributed by atoms with Gasteiger partial charge in [0.1, 0.15) is 12.4 Å². The first-order valence-corrected chi connectivity index (χ1v) is 10.00. The Hall–Kier alpha value is -2.42. The van der Waals surface area contributed by atoms with Gasteiger partial charge in [-0.15, -0.1) is 0 Å². The Labute approximate surface area is 158 Å². The van der Waals surface area contributed by atoms with Crippen LogP contribution in [-0.2, 0) is 19.6 Å². The average Bonchev–Trinajstić information content (AvgIpc) is 2.68. The molecule has 7 nitrogen and oxygen atoms in total. The lowest BCUT2D eigenvalue weighted by atomic mass is 10.2. The van der Waals surface area contributed by atoms with Gasteiger partial charge < -0.3 is 14.4 Å². The summed E-state index contributed by atoms with van der Waals surface area (Å²) >= 11 is 0. The van der Waals surface area contributed by atoms with Gasteiger partial charge in [0.15, 0.2) is 0 Å². The second-order valence-electron chi connectivity index (χ2n) is 6.30. The third kappa shape index (κ3) is 4.65. The van der Waals surface area contributed by atoms with E-state index in [9.17, 15) is 13.2 Å². The minimum Gasteiger partial charge on any atom is -0.497 e. The van der Waals surface area contributed by atoms with Crippen LogP contribution < -0.4 is 14.4 Å². The largest absolute Gasteiger partial charge is 0.497 e. The van der Waals surface area contributed by atoms with Crippen molar-refractivity contribution in [2.45, 2.75) is 17.9 Å². The number of nitrogens with zero attached hydrogens (tertiary/aromatic N) is 1. The summed E-state index contributed by atoms with van der Waals surface area (Å²) in [5, 5.41) is 0. The highest BCUT2D eigenvalue weighted by molar-refractivity contribution is 7.89. The molecule has 0 bridgehead atoms. The van der Waals surface area contributed by atoms with Crippen LogP contribution in [0.15, 0.2) is 53.4 Å². The fourth-order valence-corrected chi connectivity index (χ4v) is 3.83. The van der Waals surface area contributed by atoms with Gasteiger partial charge in [0.25, 0.3) is 5.91 Å². The number of morpholine rings is 1. The molecule has 144 valence electrons. The van der Waals surface area contributed by atoms with Gasteiger partial charge in [-0.1, -0.05) is 17.7 Å². The van der Waals surface area contributed by atoms with Gasteiger partial charge in [-0.2, -0.15) is 0 Å². The van der Waals surface area contributed by atoms with Crippen LogP contribution >= 0.6 is 0 Å². The Morgan fingerprint density at radius 2 is 1.81 bits per heavy atom. The fourth-order valence-electron chi connectivity index (χ4n) is 2.76. The summed E-state index contributed by atoms with van der Waals surface area (Å²) in [5.41, 5.74) is 1.88. The molecule has 1 saturated heterocycles. The highest BCUT2D eigenvalue weighted by atomic mass is 32.2. The monoisotopic (exact) mass is 390 g/mol. The first-order valence-electron chi connectivity index (χ1n) is 8.51. The van der Waals surface area contributed by atoms with Crippen molar-refractivity contribution in [2.24, 2.45) is 0 Å². The summed E-state index contributed by atoms with van der Waals surface area (Å²) in [4.78, 5) is 13.9. The van der Waals surface area contributed by atoms with Gasteiger partial charge in [0.05, 0.1) is 24.7 Å². The van der Waals surface area contributed by atoms with Gasteiger partial charge in [0, 0.05) is 12.2 Å². The summed E-state index contributed by atoms with van der Waals surface area (Å²) in [5.74, 6) is 0.435. The van der Waals surface area contributed by atoms with E-state index in [-0.39, 0.29) is 30.5 Å². The zero-order valence-corrected chi connectivity index (χ0v) is 16.0. The van der Waals surface area contributed by atoms with Crippen molar-refractivity contribution in [1.29, 1.82) is 0 Å². The molecule has 1 unspecified atom stereocenters. The van der Waals surface area contributed by atoms with Crippen LogP contribution in [0, 0.1) is 6.92 Å². The molecule has 1 aliphatic rings. The standard InChI is InChI=1S/C19H22N2O5S/c1-14-3-5-15(6-4-14)21-12-17(26-13-19(21)22)11-20-27(23,24)18-9-7-16(25-2)8-10-18/h3-10,17,20H,11-13H2,1-2H3. The van der Waals surface area contributed by atoms with E-state index in [1.807, 2.05) is 31.2 Å². The Morgan fingerprint density at radius 1 is 1.15 bits per heavy atom. The van der Waals surface area contributed by atoms with Gasteiger partial charge >= 0.3 is 0 Å². The Kier molecular flexibility index (Phi) is 5.79. The first-order chi connectivity index (χ1) is 12.9. The number of hydrogen-bond donors (Lipinski definition) is 1. The van der Waals surface area contributed by atoms with Crippen molar-refractivity contribution in [3.8, 4) is 5.75 Å². The van der Waals surface area contributed by atoms with Crippen molar-refractivity contribution >= 4 is 21.6 Å². The highest BCUT2D eigenvalue weighted by Gasteiger charge is 2.28. The van der Waals surface area contributed by atoms with Gasteiger partial charge in [-0.25, -0.2) is 13.1 Å². The molecule has 1 fully saturated rings. The van der Waals surface area contributed by atoms with Crippen LogP contribution in [0.1, 0.15) is 5.56 Å². The zero-order valence-electron chi connectivity index (χ0n) is 15.2. The maximum atomic E-state index is 12.4. The number of hydrogen-bond acceptors (Lipinski definition) is 5. The number of amides is 1. The van der Waals surface area contributed by atoms with E-state index in [1.165, 1.54) is 19.2 Å². The van der Waals surface area contributed by atoms with E-state index in [4.69, 9.17) is 9.47 Å². The number of aryl methyl sites for hydroxylation is 1. The lowest BCUT2D eigenvalue weighted by Gasteiger charge is -2.32. The Morgan fingerprint density at radius 3 is 2.44 bits per heavy atom. The molecule has 8 heteroatoms. The molecule has 1 heterocycles. The second-order valence-corrected chi connectivity index (χ2v) is 8.07. The molecule has 0 radical (unpaired) electrons. The molecular formula is C19H22N2O5S. The van der Waals surface area contributed by atoms with Crippen LogP contribution in [-0.4, -0.2) is 47.2 Å². The lowest BCUT2D eigenvalue weighted by Crippen LogP contribution is -2.50. The molecule has 0 spiro atoms. The fraction of sp³-hybridized carbons (Fsp3) is 0.316. The number of carbonyl (C=O) groups excluding carboxylic acids is 1. The zero-order chi connectivity index (χ0) is 19.4. The minimum atomic E-state index is -3.67. The molecule has 1 atom stereocenters. The van der Waals surface area contributed by atoms with E-state index in [1.54, 1.807) is 17.0 Å². The third-order valence-electron chi connectivity index (χ3n) is 4.35. The number of carbonyl (C=O) groups is 1. The summed E-state index contributed by atoms with van der Waals surface area (Å²) in [6, 6.07) is 13.7. The molecule has 3 rings (SSSR count). The number of nitrogens with one attached hydrogen (secondary N) is 1. The van der Waals surface area contributed by atoms with E-state index in [0.29, 0.717) is 5.75 Å². The van der Waals surface area contributed by atoms with Gasteiger partial charge in [0.2, 0.25) is 10.0 Å². The van der Waals surface area contributed by atoms with Crippen molar-refractivity contribution in [3.63, 3.8) is 0 Å². The number of benzene rings is 2. The van der Waals surface area contributed by atoms with Crippen LogP contribution in [0.5, 0.6) is 5.75 Å². The van der Waals surface area contributed by atoms with E-state index in [0.717, 1.165) is 11.3 Å². The Bertz CT molecular complexity index is 895. The minimum absolute atomic E-state index is 0.0734. The maximum Gasteiger partial charge on any atom is 0.253 e. The normalized spacial score (nSPS) is 17.8. The SMILES string of the molecule is COc1ccc(S(=O)(=O)NCC2CN(c3ccc(C)cc3)C(=O)CO2)cc1.